The van der Waals surface area contributed by atoms with E-state index in [1.54, 1.807) is 0 Å². The van der Waals surface area contributed by atoms with Crippen molar-refractivity contribution in [2.45, 2.75) is 6.42 Å². The van der Waals surface area contributed by atoms with Crippen LogP contribution in [0.5, 0.6) is 0 Å². The van der Waals surface area contributed by atoms with Crippen molar-refractivity contribution in [2.24, 2.45) is 0 Å². The van der Waals surface area contributed by atoms with E-state index in [9.17, 15) is 0 Å². The summed E-state index contributed by atoms with van der Waals surface area (Å²) in [6.45, 7) is 4.17. The van der Waals surface area contributed by atoms with Crippen LogP contribution in [0.1, 0.15) is 27.3 Å². The third-order valence-electron chi connectivity index (χ3n) is 9.37. The third kappa shape index (κ3) is 6.83. The van der Waals surface area contributed by atoms with Crippen LogP contribution in [-0.2, 0) is 0 Å². The van der Waals surface area contributed by atoms with E-state index in [-0.39, 0.29) is 0 Å². The Labute approximate surface area is 305 Å². The number of benzene rings is 6. The average Bonchev–Trinajstić information content (AvgIpc) is 3.37. The zero-order valence-electron chi connectivity index (χ0n) is 28.3. The van der Waals surface area contributed by atoms with Gasteiger partial charge in [-0.25, -0.2) is 0 Å². The van der Waals surface area contributed by atoms with Crippen molar-refractivity contribution in [2.75, 3.05) is 4.90 Å². The second kappa shape index (κ2) is 14.7. The van der Waals surface area contributed by atoms with E-state index in [1.807, 2.05) is 17.4 Å². The lowest BCUT2D eigenvalue weighted by molar-refractivity contribution is 1.29. The second-order valence-corrected chi connectivity index (χ2v) is 13.6. The van der Waals surface area contributed by atoms with Crippen LogP contribution in [0.2, 0.25) is 0 Å². The summed E-state index contributed by atoms with van der Waals surface area (Å²) in [5.41, 5.74) is 14.3. The first kappa shape index (κ1) is 32.0. The molecule has 8 rings (SSSR count). The van der Waals surface area contributed by atoms with Crippen LogP contribution >= 0.6 is 11.3 Å². The maximum absolute atomic E-state index is 4.17. The molecule has 0 bridgehead atoms. The van der Waals surface area contributed by atoms with E-state index in [4.69, 9.17) is 0 Å². The van der Waals surface area contributed by atoms with Gasteiger partial charge in [0.05, 0.1) is 0 Å². The summed E-state index contributed by atoms with van der Waals surface area (Å²) in [6, 6.07) is 56.4. The second-order valence-electron chi connectivity index (χ2n) is 12.5. The lowest BCUT2D eigenvalue weighted by Crippen LogP contribution is -2.08. The Morgan fingerprint density at radius 1 is 0.510 bits per heavy atom. The first-order valence-electron chi connectivity index (χ1n) is 17.4. The molecule has 1 heterocycles. The van der Waals surface area contributed by atoms with E-state index in [0.717, 1.165) is 17.8 Å². The summed E-state index contributed by atoms with van der Waals surface area (Å²) in [4.78, 5) is 4.74. The van der Waals surface area contributed by atoms with Crippen molar-refractivity contribution < 1.29 is 0 Å². The molecule has 0 amide bonds. The molecule has 0 saturated carbocycles. The van der Waals surface area contributed by atoms with Crippen molar-refractivity contribution in [1.29, 1.82) is 0 Å². The molecule has 0 N–H and O–H groups in total. The zero-order chi connectivity index (χ0) is 34.4. The van der Waals surface area contributed by atoms with Gasteiger partial charge < -0.3 is 4.90 Å². The summed E-state index contributed by atoms with van der Waals surface area (Å²) in [5.74, 6) is 0. The highest BCUT2D eigenvalue weighted by molar-refractivity contribution is 7.14. The number of fused-ring (bicyclic) bond motifs is 1. The molecule has 2 heteroatoms. The van der Waals surface area contributed by atoms with Gasteiger partial charge in [-0.1, -0.05) is 158 Å². The topological polar surface area (TPSA) is 3.24 Å². The minimum absolute atomic E-state index is 0.955. The van der Waals surface area contributed by atoms with Crippen molar-refractivity contribution in [3.05, 3.63) is 204 Å². The quantitative estimate of drug-likeness (QED) is 0.148. The molecule has 0 unspecified atom stereocenters. The van der Waals surface area contributed by atoms with Crippen LogP contribution in [0.4, 0.5) is 11.4 Å². The normalized spacial score (nSPS) is 12.1. The van der Waals surface area contributed by atoms with Crippen molar-refractivity contribution in [1.82, 2.24) is 0 Å². The molecule has 6 aromatic carbocycles. The van der Waals surface area contributed by atoms with Gasteiger partial charge in [0.2, 0.25) is 0 Å². The molecular weight excluding hydrogens is 635 g/mol. The van der Waals surface area contributed by atoms with E-state index in [0.29, 0.717) is 0 Å². The zero-order valence-corrected chi connectivity index (χ0v) is 29.1. The standard InChI is InChI=1S/C49H37NS/c1-2-44-46-21-13-6-14-22-48(46)51-49(44)33-34-50(42-28-23-37(24-29-42)36-15-7-3-8-16-36)43-30-25-38(26-31-43)41-27-32-45(39-17-9-4-10-18-39)47(35-41)40-19-11-5-12-20-40/h2-5,7-35H,1,6H2/b34-33+. The molecule has 7 aromatic rings. The van der Waals surface area contributed by atoms with Gasteiger partial charge in [0.15, 0.2) is 0 Å². The predicted molar refractivity (Wildman–Crippen MR) is 223 cm³/mol. The van der Waals surface area contributed by atoms with Gasteiger partial charge in [0.25, 0.3) is 0 Å². The van der Waals surface area contributed by atoms with Crippen LogP contribution < -0.4 is 4.90 Å². The number of rotatable bonds is 9. The van der Waals surface area contributed by atoms with Gasteiger partial charge in [0.1, 0.15) is 0 Å². The van der Waals surface area contributed by atoms with E-state index < -0.39 is 0 Å². The lowest BCUT2D eigenvalue weighted by Gasteiger charge is -2.22. The molecule has 1 aliphatic carbocycles. The first-order chi connectivity index (χ1) is 25.2. The molecule has 0 aliphatic heterocycles. The van der Waals surface area contributed by atoms with Crippen LogP contribution in [-0.4, -0.2) is 0 Å². The molecule has 0 atom stereocenters. The Morgan fingerprint density at radius 2 is 1.02 bits per heavy atom. The lowest BCUT2D eigenvalue weighted by atomic mass is 9.91. The predicted octanol–water partition coefficient (Wildman–Crippen LogP) is 14.3. The van der Waals surface area contributed by atoms with Crippen LogP contribution in [0, 0.1) is 0 Å². The molecule has 0 spiro atoms. The van der Waals surface area contributed by atoms with E-state index in [2.05, 4.69) is 206 Å². The highest BCUT2D eigenvalue weighted by Crippen LogP contribution is 2.38. The molecule has 0 saturated heterocycles. The van der Waals surface area contributed by atoms with Crippen molar-refractivity contribution in [3.63, 3.8) is 0 Å². The Bertz CT molecular complexity index is 2360. The van der Waals surface area contributed by atoms with Crippen molar-refractivity contribution >= 4 is 47.0 Å². The highest BCUT2D eigenvalue weighted by Gasteiger charge is 2.15. The summed E-state index contributed by atoms with van der Waals surface area (Å²) < 4.78 is 0. The van der Waals surface area contributed by atoms with E-state index >= 15 is 0 Å². The van der Waals surface area contributed by atoms with Crippen LogP contribution in [0.25, 0.3) is 68.8 Å². The molecule has 1 aliphatic rings. The molecule has 1 aromatic heterocycles. The summed E-state index contributed by atoms with van der Waals surface area (Å²) in [5, 5.41) is 0. The molecule has 51 heavy (non-hydrogen) atoms. The number of thiophene rings is 1. The fourth-order valence-corrected chi connectivity index (χ4v) is 7.86. The van der Waals surface area contributed by atoms with Gasteiger partial charge >= 0.3 is 0 Å². The summed E-state index contributed by atoms with van der Waals surface area (Å²) in [7, 11) is 0. The van der Waals surface area contributed by atoms with Gasteiger partial charge in [-0.3, -0.25) is 0 Å². The Balaban J connectivity index is 1.17. The minimum Gasteiger partial charge on any atom is -0.317 e. The van der Waals surface area contributed by atoms with Crippen LogP contribution in [0.3, 0.4) is 0 Å². The first-order valence-corrected chi connectivity index (χ1v) is 18.2. The van der Waals surface area contributed by atoms with Gasteiger partial charge in [-0.15, -0.1) is 11.3 Å². The molecule has 0 fully saturated rings. The molecule has 0 radical (unpaired) electrons. The van der Waals surface area contributed by atoms with E-state index in [1.165, 1.54) is 65.4 Å². The minimum atomic E-state index is 0.955. The van der Waals surface area contributed by atoms with Crippen LogP contribution in [0.15, 0.2) is 183 Å². The number of nitrogens with zero attached hydrogens (tertiary/aromatic N) is 1. The Kier molecular flexibility index (Phi) is 9.24. The maximum atomic E-state index is 4.17. The number of anilines is 2. The fraction of sp³-hybridized carbons (Fsp3) is 0.0204. The fourth-order valence-electron chi connectivity index (χ4n) is 6.74. The SMILES string of the molecule is C=Cc1c(/C=C/N(c2ccc(-c3ccccc3)cc2)c2ccc(-c3ccc(-c4ccccc4)c(-c4ccccc4)c3)cc2)sc2c1C=CCC=C2. The van der Waals surface area contributed by atoms with Gasteiger partial charge in [0, 0.05) is 27.3 Å². The Hall–Kier alpha value is -6.22. The van der Waals surface area contributed by atoms with Gasteiger partial charge in [-0.2, -0.15) is 0 Å². The smallest absolute Gasteiger partial charge is 0.0455 e. The number of hydrogen-bond acceptors (Lipinski definition) is 2. The molecule has 244 valence electrons. The Morgan fingerprint density at radius 3 is 1.63 bits per heavy atom. The maximum Gasteiger partial charge on any atom is 0.0455 e. The third-order valence-corrected chi connectivity index (χ3v) is 10.5. The number of allylic oxidation sites excluding steroid dienone is 2. The summed E-state index contributed by atoms with van der Waals surface area (Å²) in [6.07, 6.45) is 16.3. The van der Waals surface area contributed by atoms with Gasteiger partial charge in [-0.05, 0) is 105 Å². The highest BCUT2D eigenvalue weighted by atomic mass is 32.1. The molecule has 1 nitrogen and oxygen atoms in total. The van der Waals surface area contributed by atoms with Crippen molar-refractivity contribution in [3.8, 4) is 44.5 Å². The average molecular weight is 672 g/mol. The molecular formula is C49H37NS. The summed E-state index contributed by atoms with van der Waals surface area (Å²) >= 11 is 1.81. The largest absolute Gasteiger partial charge is 0.317 e. The monoisotopic (exact) mass is 671 g/mol. The number of hydrogen-bond donors (Lipinski definition) is 0.